The van der Waals surface area contributed by atoms with Gasteiger partial charge < -0.3 is 11.1 Å². The molecule has 0 heterocycles. The van der Waals surface area contributed by atoms with Gasteiger partial charge in [-0.1, -0.05) is 25.4 Å². The Hall–Kier alpha value is -1.57. The third-order valence-corrected chi connectivity index (χ3v) is 2.97. The maximum atomic E-state index is 12.1. The number of carbonyl (C=O) groups is 1. The van der Waals surface area contributed by atoms with Crippen molar-refractivity contribution in [1.82, 2.24) is 0 Å². The molecule has 1 rings (SSSR count). The van der Waals surface area contributed by atoms with Crippen LogP contribution in [0.25, 0.3) is 0 Å². The van der Waals surface area contributed by atoms with Crippen LogP contribution in [0.2, 0.25) is 5.02 Å². The second-order valence-corrected chi connectivity index (χ2v) is 5.11. The SMILES string of the molecule is CC(C)(CCN)C(=O)Nc1cc(Cl)ccc1C#N. The van der Waals surface area contributed by atoms with Gasteiger partial charge in [-0.25, -0.2) is 0 Å². The molecule has 96 valence electrons. The Bertz CT molecular complexity index is 491. The summed E-state index contributed by atoms with van der Waals surface area (Å²) in [6.07, 6.45) is 0.571. The summed E-state index contributed by atoms with van der Waals surface area (Å²) in [5.41, 5.74) is 5.71. The van der Waals surface area contributed by atoms with Crippen LogP contribution >= 0.6 is 11.6 Å². The predicted molar refractivity (Wildman–Crippen MR) is 72.2 cm³/mol. The highest BCUT2D eigenvalue weighted by atomic mass is 35.5. The van der Waals surface area contributed by atoms with E-state index in [-0.39, 0.29) is 5.91 Å². The fourth-order valence-corrected chi connectivity index (χ4v) is 1.66. The summed E-state index contributed by atoms with van der Waals surface area (Å²) in [6, 6.07) is 6.77. The lowest BCUT2D eigenvalue weighted by molar-refractivity contribution is -0.124. The zero-order chi connectivity index (χ0) is 13.8. The summed E-state index contributed by atoms with van der Waals surface area (Å²) in [4.78, 5) is 12.1. The summed E-state index contributed by atoms with van der Waals surface area (Å²) in [5, 5.41) is 12.2. The topological polar surface area (TPSA) is 78.9 Å². The van der Waals surface area contributed by atoms with E-state index in [0.29, 0.717) is 29.2 Å². The highest BCUT2D eigenvalue weighted by Gasteiger charge is 2.27. The molecule has 0 aliphatic carbocycles. The molecule has 4 nitrogen and oxygen atoms in total. The first-order chi connectivity index (χ1) is 8.40. The molecule has 5 heteroatoms. The lowest BCUT2D eigenvalue weighted by Crippen LogP contribution is -2.33. The molecule has 0 radical (unpaired) electrons. The van der Waals surface area contributed by atoms with E-state index in [1.54, 1.807) is 18.2 Å². The van der Waals surface area contributed by atoms with Crippen LogP contribution in [0, 0.1) is 16.7 Å². The van der Waals surface area contributed by atoms with Crippen molar-refractivity contribution in [2.45, 2.75) is 20.3 Å². The second kappa shape index (κ2) is 5.85. The van der Waals surface area contributed by atoms with E-state index in [9.17, 15) is 4.79 Å². The average Bonchev–Trinajstić information content (AvgIpc) is 2.29. The Balaban J connectivity index is 2.95. The first-order valence-electron chi connectivity index (χ1n) is 5.62. The lowest BCUT2D eigenvalue weighted by Gasteiger charge is -2.23. The van der Waals surface area contributed by atoms with Crippen molar-refractivity contribution in [1.29, 1.82) is 5.26 Å². The molecular formula is C13H16ClN3O. The average molecular weight is 266 g/mol. The van der Waals surface area contributed by atoms with Crippen LogP contribution in [0.3, 0.4) is 0 Å². The maximum Gasteiger partial charge on any atom is 0.230 e. The zero-order valence-electron chi connectivity index (χ0n) is 10.5. The summed E-state index contributed by atoms with van der Waals surface area (Å²) in [6.45, 7) is 4.05. The van der Waals surface area contributed by atoms with E-state index in [4.69, 9.17) is 22.6 Å². The van der Waals surface area contributed by atoms with Gasteiger partial charge in [-0.15, -0.1) is 0 Å². The van der Waals surface area contributed by atoms with Crippen LogP contribution < -0.4 is 11.1 Å². The number of benzene rings is 1. The van der Waals surface area contributed by atoms with E-state index < -0.39 is 5.41 Å². The Morgan fingerprint density at radius 1 is 1.56 bits per heavy atom. The van der Waals surface area contributed by atoms with E-state index in [0.717, 1.165) is 0 Å². The molecule has 0 fully saturated rings. The van der Waals surface area contributed by atoms with Gasteiger partial charge >= 0.3 is 0 Å². The molecule has 0 atom stereocenters. The number of nitriles is 1. The van der Waals surface area contributed by atoms with Gasteiger partial charge in [0.25, 0.3) is 0 Å². The minimum absolute atomic E-state index is 0.174. The molecule has 0 bridgehead atoms. The van der Waals surface area contributed by atoms with Gasteiger partial charge in [0, 0.05) is 10.4 Å². The highest BCUT2D eigenvalue weighted by molar-refractivity contribution is 6.31. The smallest absolute Gasteiger partial charge is 0.230 e. The molecule has 0 saturated heterocycles. The van der Waals surface area contributed by atoms with Gasteiger partial charge in [0.1, 0.15) is 6.07 Å². The van der Waals surface area contributed by atoms with Crippen LogP contribution in [-0.4, -0.2) is 12.5 Å². The van der Waals surface area contributed by atoms with E-state index in [2.05, 4.69) is 5.32 Å². The summed E-state index contributed by atoms with van der Waals surface area (Å²) >= 11 is 5.85. The molecule has 0 saturated carbocycles. The molecule has 0 aromatic heterocycles. The summed E-state index contributed by atoms with van der Waals surface area (Å²) in [5.74, 6) is -0.174. The summed E-state index contributed by atoms with van der Waals surface area (Å²) in [7, 11) is 0. The van der Waals surface area contributed by atoms with Crippen molar-refractivity contribution in [2.24, 2.45) is 11.1 Å². The Labute approximate surface area is 112 Å². The van der Waals surface area contributed by atoms with Gasteiger partial charge in [-0.2, -0.15) is 5.26 Å². The normalized spacial score (nSPS) is 10.8. The lowest BCUT2D eigenvalue weighted by atomic mass is 9.88. The number of carbonyl (C=O) groups excluding carboxylic acids is 1. The third-order valence-electron chi connectivity index (χ3n) is 2.73. The Morgan fingerprint density at radius 3 is 2.78 bits per heavy atom. The Kier molecular flexibility index (Phi) is 4.71. The molecule has 18 heavy (non-hydrogen) atoms. The van der Waals surface area contributed by atoms with Gasteiger partial charge in [-0.3, -0.25) is 4.79 Å². The fourth-order valence-electron chi connectivity index (χ4n) is 1.48. The number of nitrogens with two attached hydrogens (primary N) is 1. The van der Waals surface area contributed by atoms with Crippen LogP contribution in [0.1, 0.15) is 25.8 Å². The molecule has 0 aliphatic rings. The van der Waals surface area contributed by atoms with Crippen molar-refractivity contribution < 1.29 is 4.79 Å². The zero-order valence-corrected chi connectivity index (χ0v) is 11.2. The number of rotatable bonds is 4. The van der Waals surface area contributed by atoms with E-state index in [1.165, 1.54) is 0 Å². The van der Waals surface area contributed by atoms with Crippen molar-refractivity contribution in [2.75, 3.05) is 11.9 Å². The molecule has 0 unspecified atom stereocenters. The van der Waals surface area contributed by atoms with Crippen LogP contribution in [0.5, 0.6) is 0 Å². The molecule has 0 spiro atoms. The quantitative estimate of drug-likeness (QED) is 0.878. The number of nitrogens with zero attached hydrogens (tertiary/aromatic N) is 1. The number of anilines is 1. The minimum atomic E-state index is -0.580. The Morgan fingerprint density at radius 2 is 2.22 bits per heavy atom. The van der Waals surface area contributed by atoms with Crippen molar-refractivity contribution >= 4 is 23.2 Å². The third kappa shape index (κ3) is 3.46. The summed E-state index contributed by atoms with van der Waals surface area (Å²) < 4.78 is 0. The maximum absolute atomic E-state index is 12.1. The van der Waals surface area contributed by atoms with Crippen LogP contribution in [0.15, 0.2) is 18.2 Å². The molecular weight excluding hydrogens is 250 g/mol. The highest BCUT2D eigenvalue weighted by Crippen LogP contribution is 2.25. The van der Waals surface area contributed by atoms with Crippen molar-refractivity contribution in [3.63, 3.8) is 0 Å². The van der Waals surface area contributed by atoms with Gasteiger partial charge in [0.05, 0.1) is 11.3 Å². The first-order valence-corrected chi connectivity index (χ1v) is 5.99. The largest absolute Gasteiger partial charge is 0.330 e. The number of hydrogen-bond acceptors (Lipinski definition) is 3. The minimum Gasteiger partial charge on any atom is -0.330 e. The van der Waals surface area contributed by atoms with Gasteiger partial charge in [0.15, 0.2) is 0 Å². The van der Waals surface area contributed by atoms with Gasteiger partial charge in [0.2, 0.25) is 5.91 Å². The molecule has 3 N–H and O–H groups in total. The molecule has 0 aliphatic heterocycles. The fraction of sp³-hybridized carbons (Fsp3) is 0.385. The van der Waals surface area contributed by atoms with Crippen molar-refractivity contribution in [3.05, 3.63) is 28.8 Å². The number of halogens is 1. The number of nitrogens with one attached hydrogen (secondary N) is 1. The number of amides is 1. The predicted octanol–water partition coefficient (Wildman–Crippen LogP) is 2.53. The van der Waals surface area contributed by atoms with Crippen molar-refractivity contribution in [3.8, 4) is 6.07 Å². The van der Waals surface area contributed by atoms with E-state index >= 15 is 0 Å². The van der Waals surface area contributed by atoms with E-state index in [1.807, 2.05) is 19.9 Å². The monoisotopic (exact) mass is 265 g/mol. The molecule has 1 aromatic carbocycles. The first kappa shape index (κ1) is 14.5. The second-order valence-electron chi connectivity index (χ2n) is 4.68. The van der Waals surface area contributed by atoms with Crippen LogP contribution in [0.4, 0.5) is 5.69 Å². The molecule has 1 amide bonds. The van der Waals surface area contributed by atoms with Crippen LogP contribution in [-0.2, 0) is 4.79 Å². The standard InChI is InChI=1S/C13H16ClN3O/c1-13(2,5-6-15)12(18)17-11-7-10(14)4-3-9(11)8-16/h3-4,7H,5-6,15H2,1-2H3,(H,17,18). The molecule has 1 aromatic rings. The number of hydrogen-bond donors (Lipinski definition) is 2. The van der Waals surface area contributed by atoms with Gasteiger partial charge in [-0.05, 0) is 31.2 Å².